The summed E-state index contributed by atoms with van der Waals surface area (Å²) in [6, 6.07) is 5.57. The fraction of sp³-hybridized carbons (Fsp3) is 0.611. The van der Waals surface area contributed by atoms with Crippen molar-refractivity contribution in [3.8, 4) is 11.5 Å². The van der Waals surface area contributed by atoms with Crippen LogP contribution in [0.25, 0.3) is 0 Å². The van der Waals surface area contributed by atoms with Crippen molar-refractivity contribution < 1.29 is 14.3 Å². The van der Waals surface area contributed by atoms with Crippen molar-refractivity contribution in [2.24, 2.45) is 5.41 Å². The molecular weight excluding hydrogens is 264 g/mol. The topological polar surface area (TPSA) is 35.5 Å². The number of ether oxygens (including phenoxy) is 2. The fourth-order valence-electron chi connectivity index (χ4n) is 3.10. The molecule has 116 valence electrons. The molecule has 3 nitrogen and oxygen atoms in total. The van der Waals surface area contributed by atoms with E-state index in [1.807, 2.05) is 32.0 Å². The van der Waals surface area contributed by atoms with Crippen LogP contribution in [0.15, 0.2) is 18.2 Å². The molecule has 2 rings (SSSR count). The molecule has 0 heterocycles. The normalized spacial score (nSPS) is 17.3. The minimum atomic E-state index is -0.213. The average molecular weight is 290 g/mol. The van der Waals surface area contributed by atoms with E-state index >= 15 is 0 Å². The van der Waals surface area contributed by atoms with Crippen LogP contribution in [0.5, 0.6) is 11.5 Å². The Morgan fingerprint density at radius 2 is 1.67 bits per heavy atom. The second kappa shape index (κ2) is 6.97. The molecule has 1 aromatic carbocycles. The van der Waals surface area contributed by atoms with Crippen molar-refractivity contribution >= 4 is 5.78 Å². The molecular formula is C18H26O3. The van der Waals surface area contributed by atoms with Gasteiger partial charge in [0, 0.05) is 11.0 Å². The van der Waals surface area contributed by atoms with E-state index in [2.05, 4.69) is 6.92 Å². The summed E-state index contributed by atoms with van der Waals surface area (Å²) in [5.74, 6) is 1.63. The number of carbonyl (C=O) groups is 1. The molecule has 1 aromatic rings. The molecule has 3 heteroatoms. The standard InChI is InChI=1S/C18H26O3/c1-4-20-15-10-9-14(13-16(15)21-5-2)17(19)18(3)11-7-6-8-12-18/h9-10,13H,4-8,11-12H2,1-3H3. The molecule has 0 aliphatic heterocycles. The quantitative estimate of drug-likeness (QED) is 0.716. The number of Topliss-reactive ketones (excluding diaryl/α,β-unsaturated/α-hetero) is 1. The highest BCUT2D eigenvalue weighted by Gasteiger charge is 2.35. The molecule has 0 bridgehead atoms. The zero-order chi connectivity index (χ0) is 15.3. The van der Waals surface area contributed by atoms with Crippen molar-refractivity contribution in [2.45, 2.75) is 52.9 Å². The first-order chi connectivity index (χ1) is 10.1. The maximum atomic E-state index is 12.9. The number of hydrogen-bond donors (Lipinski definition) is 0. The van der Waals surface area contributed by atoms with Gasteiger partial charge < -0.3 is 9.47 Å². The number of ketones is 1. The summed E-state index contributed by atoms with van der Waals surface area (Å²) >= 11 is 0. The molecule has 1 fully saturated rings. The monoisotopic (exact) mass is 290 g/mol. The van der Waals surface area contributed by atoms with Crippen LogP contribution in [0.4, 0.5) is 0 Å². The molecule has 1 aliphatic rings. The van der Waals surface area contributed by atoms with Crippen molar-refractivity contribution in [2.75, 3.05) is 13.2 Å². The molecule has 1 saturated carbocycles. The smallest absolute Gasteiger partial charge is 0.168 e. The lowest BCUT2D eigenvalue weighted by Gasteiger charge is -2.32. The lowest BCUT2D eigenvalue weighted by atomic mass is 9.71. The van der Waals surface area contributed by atoms with Crippen LogP contribution in [0.2, 0.25) is 0 Å². The minimum Gasteiger partial charge on any atom is -0.490 e. The van der Waals surface area contributed by atoms with Crippen LogP contribution in [0.1, 0.15) is 63.2 Å². The van der Waals surface area contributed by atoms with Gasteiger partial charge in [0.05, 0.1) is 13.2 Å². The van der Waals surface area contributed by atoms with Gasteiger partial charge in [-0.25, -0.2) is 0 Å². The van der Waals surface area contributed by atoms with Gasteiger partial charge in [-0.2, -0.15) is 0 Å². The van der Waals surface area contributed by atoms with Gasteiger partial charge in [0.15, 0.2) is 17.3 Å². The Labute approximate surface area is 127 Å². The first kappa shape index (κ1) is 15.9. The number of carbonyl (C=O) groups excluding carboxylic acids is 1. The first-order valence-electron chi connectivity index (χ1n) is 8.05. The number of benzene rings is 1. The van der Waals surface area contributed by atoms with Gasteiger partial charge in [0.2, 0.25) is 0 Å². The molecule has 0 N–H and O–H groups in total. The summed E-state index contributed by atoms with van der Waals surface area (Å²) in [5.41, 5.74) is 0.529. The molecule has 0 radical (unpaired) electrons. The third-order valence-corrected chi connectivity index (χ3v) is 4.31. The van der Waals surface area contributed by atoms with Crippen molar-refractivity contribution in [1.29, 1.82) is 0 Å². The Kier molecular flexibility index (Phi) is 5.27. The predicted octanol–water partition coefficient (Wildman–Crippen LogP) is 4.64. The summed E-state index contributed by atoms with van der Waals surface area (Å²) in [7, 11) is 0. The summed E-state index contributed by atoms with van der Waals surface area (Å²) in [4.78, 5) is 12.9. The highest BCUT2D eigenvalue weighted by molar-refractivity contribution is 6.00. The van der Waals surface area contributed by atoms with E-state index in [1.54, 1.807) is 0 Å². The zero-order valence-corrected chi connectivity index (χ0v) is 13.4. The number of hydrogen-bond acceptors (Lipinski definition) is 3. The van der Waals surface area contributed by atoms with Gasteiger partial charge in [0.25, 0.3) is 0 Å². The van der Waals surface area contributed by atoms with Gasteiger partial charge in [-0.05, 0) is 44.9 Å². The van der Waals surface area contributed by atoms with Crippen molar-refractivity contribution in [1.82, 2.24) is 0 Å². The summed E-state index contributed by atoms with van der Waals surface area (Å²) in [6.07, 6.45) is 5.53. The van der Waals surface area contributed by atoms with E-state index in [9.17, 15) is 4.79 Å². The lowest BCUT2D eigenvalue weighted by Crippen LogP contribution is -2.30. The molecule has 21 heavy (non-hydrogen) atoms. The largest absolute Gasteiger partial charge is 0.490 e. The summed E-state index contributed by atoms with van der Waals surface area (Å²) in [5, 5.41) is 0. The molecule has 0 unspecified atom stereocenters. The molecule has 0 atom stereocenters. The van der Waals surface area contributed by atoms with E-state index < -0.39 is 0 Å². The highest BCUT2D eigenvalue weighted by Crippen LogP contribution is 2.40. The van der Waals surface area contributed by atoms with Gasteiger partial charge in [-0.1, -0.05) is 26.2 Å². The minimum absolute atomic E-state index is 0.213. The van der Waals surface area contributed by atoms with Crippen LogP contribution < -0.4 is 9.47 Å². The molecule has 0 saturated heterocycles. The highest BCUT2D eigenvalue weighted by atomic mass is 16.5. The van der Waals surface area contributed by atoms with E-state index in [-0.39, 0.29) is 11.2 Å². The molecule has 0 amide bonds. The van der Waals surface area contributed by atoms with Crippen LogP contribution in [-0.2, 0) is 0 Å². The van der Waals surface area contributed by atoms with E-state index in [1.165, 1.54) is 6.42 Å². The first-order valence-corrected chi connectivity index (χ1v) is 8.05. The molecule has 0 spiro atoms. The van der Waals surface area contributed by atoms with Gasteiger partial charge in [0.1, 0.15) is 0 Å². The Morgan fingerprint density at radius 1 is 1.05 bits per heavy atom. The zero-order valence-electron chi connectivity index (χ0n) is 13.4. The Morgan fingerprint density at radius 3 is 2.29 bits per heavy atom. The van der Waals surface area contributed by atoms with Crippen LogP contribution in [0, 0.1) is 5.41 Å². The van der Waals surface area contributed by atoms with Crippen molar-refractivity contribution in [3.05, 3.63) is 23.8 Å². The van der Waals surface area contributed by atoms with Gasteiger partial charge >= 0.3 is 0 Å². The van der Waals surface area contributed by atoms with Crippen molar-refractivity contribution in [3.63, 3.8) is 0 Å². The van der Waals surface area contributed by atoms with Crippen LogP contribution in [0.3, 0.4) is 0 Å². The van der Waals surface area contributed by atoms with Gasteiger partial charge in [-0.15, -0.1) is 0 Å². The molecule has 1 aliphatic carbocycles. The Balaban J connectivity index is 2.26. The Bertz CT molecular complexity index is 487. The summed E-state index contributed by atoms with van der Waals surface area (Å²) < 4.78 is 11.2. The molecule has 0 aromatic heterocycles. The van der Waals surface area contributed by atoms with Crippen LogP contribution in [-0.4, -0.2) is 19.0 Å². The third kappa shape index (κ3) is 3.58. The Hall–Kier alpha value is -1.51. The predicted molar refractivity (Wildman–Crippen MR) is 84.3 cm³/mol. The maximum Gasteiger partial charge on any atom is 0.168 e. The maximum absolute atomic E-state index is 12.9. The van der Waals surface area contributed by atoms with E-state index in [4.69, 9.17) is 9.47 Å². The lowest BCUT2D eigenvalue weighted by molar-refractivity contribution is 0.0749. The second-order valence-electron chi connectivity index (χ2n) is 5.98. The van der Waals surface area contributed by atoms with Crippen LogP contribution >= 0.6 is 0 Å². The summed E-state index contributed by atoms with van der Waals surface area (Å²) in [6.45, 7) is 7.13. The fourth-order valence-corrected chi connectivity index (χ4v) is 3.10. The van der Waals surface area contributed by atoms with Gasteiger partial charge in [-0.3, -0.25) is 4.79 Å². The second-order valence-corrected chi connectivity index (χ2v) is 5.98. The SMILES string of the molecule is CCOc1ccc(C(=O)C2(C)CCCCC2)cc1OCC. The number of rotatable bonds is 6. The third-order valence-electron chi connectivity index (χ3n) is 4.31. The average Bonchev–Trinajstić information content (AvgIpc) is 2.49. The van der Waals surface area contributed by atoms with E-state index in [0.717, 1.165) is 31.2 Å². The van der Waals surface area contributed by atoms with E-state index in [0.29, 0.717) is 24.7 Å².